The van der Waals surface area contributed by atoms with Gasteiger partial charge in [-0.3, -0.25) is 19.5 Å². The van der Waals surface area contributed by atoms with Crippen LogP contribution in [0.1, 0.15) is 34.7 Å². The van der Waals surface area contributed by atoms with Crippen molar-refractivity contribution >= 4 is 60.7 Å². The highest BCUT2D eigenvalue weighted by Crippen LogP contribution is 2.41. The SMILES string of the molecule is O=c1/c(=C/c2cc(Br)cc([N+](=O)[O-])c2O)sc2n1[C@@H](c1ccc(Br)cc1)C1=C(N=2)c2ccccc2CC1. The number of aromatic nitrogens is 1. The lowest BCUT2D eigenvalue weighted by Gasteiger charge is -2.30. The van der Waals surface area contributed by atoms with Crippen LogP contribution in [0.3, 0.4) is 0 Å². The second kappa shape index (κ2) is 9.20. The maximum atomic E-state index is 13.8. The minimum absolute atomic E-state index is 0.181. The fraction of sp³-hybridized carbons (Fsp3) is 0.111. The van der Waals surface area contributed by atoms with Gasteiger partial charge in [0, 0.05) is 26.1 Å². The first-order valence-electron chi connectivity index (χ1n) is 11.4. The maximum absolute atomic E-state index is 13.8. The van der Waals surface area contributed by atoms with Crippen molar-refractivity contribution in [2.24, 2.45) is 4.99 Å². The average Bonchev–Trinajstić information content (AvgIpc) is 3.19. The summed E-state index contributed by atoms with van der Waals surface area (Å²) < 4.78 is 3.40. The second-order valence-corrected chi connectivity index (χ2v) is 11.6. The van der Waals surface area contributed by atoms with Crippen molar-refractivity contribution in [1.29, 1.82) is 0 Å². The van der Waals surface area contributed by atoms with Gasteiger partial charge in [0.2, 0.25) is 5.75 Å². The number of phenolic OH excluding ortho intramolecular Hbond substituents is 1. The van der Waals surface area contributed by atoms with E-state index in [0.29, 0.717) is 13.8 Å². The topological polar surface area (TPSA) is 97.7 Å². The number of nitrogens with zero attached hydrogens (tertiary/aromatic N) is 3. The molecule has 184 valence electrons. The average molecular weight is 639 g/mol. The molecule has 2 aliphatic rings. The summed E-state index contributed by atoms with van der Waals surface area (Å²) in [6, 6.07) is 18.6. The molecular weight excluding hydrogens is 622 g/mol. The maximum Gasteiger partial charge on any atom is 0.312 e. The number of allylic oxidation sites excluding steroid dienone is 1. The first-order valence-corrected chi connectivity index (χ1v) is 13.8. The Kier molecular flexibility index (Phi) is 5.97. The predicted molar refractivity (Wildman–Crippen MR) is 149 cm³/mol. The van der Waals surface area contributed by atoms with Gasteiger partial charge in [0.1, 0.15) is 0 Å². The summed E-state index contributed by atoms with van der Waals surface area (Å²) in [6.07, 6.45) is 3.13. The van der Waals surface area contributed by atoms with E-state index in [1.165, 1.54) is 29.0 Å². The Morgan fingerprint density at radius 3 is 2.59 bits per heavy atom. The molecule has 1 N–H and O–H groups in total. The number of nitro benzene ring substituents is 1. The summed E-state index contributed by atoms with van der Waals surface area (Å²) in [5, 5.41) is 21.9. The Morgan fingerprint density at radius 2 is 1.84 bits per heavy atom. The molecule has 1 aliphatic heterocycles. The van der Waals surface area contributed by atoms with Crippen molar-refractivity contribution in [1.82, 2.24) is 4.57 Å². The van der Waals surface area contributed by atoms with Crippen molar-refractivity contribution in [2.45, 2.75) is 18.9 Å². The molecule has 4 aromatic rings. The molecule has 6 rings (SSSR count). The number of phenols is 1. The Morgan fingerprint density at radius 1 is 1.08 bits per heavy atom. The molecule has 0 unspecified atom stereocenters. The smallest absolute Gasteiger partial charge is 0.312 e. The zero-order valence-electron chi connectivity index (χ0n) is 19.0. The van der Waals surface area contributed by atoms with E-state index in [9.17, 15) is 20.0 Å². The molecule has 0 spiro atoms. The number of fused-ring (bicyclic) bond motifs is 3. The Bertz CT molecular complexity index is 1820. The monoisotopic (exact) mass is 637 g/mol. The third kappa shape index (κ3) is 4.09. The lowest BCUT2D eigenvalue weighted by Crippen LogP contribution is -2.38. The van der Waals surface area contributed by atoms with Crippen LogP contribution >= 0.6 is 43.2 Å². The highest BCUT2D eigenvalue weighted by Gasteiger charge is 2.32. The Labute approximate surface area is 231 Å². The summed E-state index contributed by atoms with van der Waals surface area (Å²) in [7, 11) is 0. The van der Waals surface area contributed by atoms with E-state index in [0.717, 1.165) is 39.7 Å². The van der Waals surface area contributed by atoms with E-state index in [-0.39, 0.29) is 17.2 Å². The van der Waals surface area contributed by atoms with E-state index in [1.807, 2.05) is 36.4 Å². The normalized spacial score (nSPS) is 16.6. The Balaban J connectivity index is 1.62. The van der Waals surface area contributed by atoms with Crippen LogP contribution in [0.2, 0.25) is 0 Å². The number of hydrogen-bond acceptors (Lipinski definition) is 6. The number of halogens is 2. The predicted octanol–water partition coefficient (Wildman–Crippen LogP) is 5.46. The van der Waals surface area contributed by atoms with Crippen molar-refractivity contribution in [3.05, 3.63) is 127 Å². The van der Waals surface area contributed by atoms with Gasteiger partial charge in [-0.2, -0.15) is 0 Å². The highest BCUT2D eigenvalue weighted by atomic mass is 79.9. The zero-order valence-corrected chi connectivity index (χ0v) is 23.0. The number of thiazole rings is 1. The molecule has 3 aromatic carbocycles. The highest BCUT2D eigenvalue weighted by molar-refractivity contribution is 9.10. The first-order chi connectivity index (χ1) is 17.8. The van der Waals surface area contributed by atoms with Gasteiger partial charge in [-0.15, -0.1) is 0 Å². The molecule has 0 amide bonds. The summed E-state index contributed by atoms with van der Waals surface area (Å²) in [6.45, 7) is 0. The molecule has 0 fully saturated rings. The summed E-state index contributed by atoms with van der Waals surface area (Å²) in [5.41, 5.74) is 4.73. The van der Waals surface area contributed by atoms with E-state index in [1.54, 1.807) is 10.6 Å². The number of benzene rings is 3. The molecular formula is C27H17Br2N3O4S. The fourth-order valence-electron chi connectivity index (χ4n) is 4.96. The summed E-state index contributed by atoms with van der Waals surface area (Å²) in [4.78, 5) is 30.1. The molecule has 0 saturated heterocycles. The van der Waals surface area contributed by atoms with Crippen LogP contribution in [0.25, 0.3) is 11.8 Å². The number of aryl methyl sites for hydroxylation is 1. The molecule has 10 heteroatoms. The van der Waals surface area contributed by atoms with E-state index >= 15 is 0 Å². The van der Waals surface area contributed by atoms with Gasteiger partial charge in [-0.1, -0.05) is 79.6 Å². The lowest BCUT2D eigenvalue weighted by molar-refractivity contribution is -0.385. The largest absolute Gasteiger partial charge is 0.502 e. The van der Waals surface area contributed by atoms with Gasteiger partial charge in [-0.25, -0.2) is 4.99 Å². The van der Waals surface area contributed by atoms with Crippen LogP contribution in [0.5, 0.6) is 5.75 Å². The lowest BCUT2D eigenvalue weighted by atomic mass is 9.83. The van der Waals surface area contributed by atoms with E-state index in [4.69, 9.17) is 4.99 Å². The standard InChI is InChI=1S/C27H17Br2N3O4S/c28-17-8-5-15(6-9-17)24-20-10-7-14-3-1-2-4-19(14)23(20)30-27-31(24)26(34)22(37-27)12-16-11-18(29)13-21(25(16)33)32(35)36/h1-6,8-9,11-13,24,33H,7,10H2/b22-12-/t24-/m0/s1. The van der Waals surface area contributed by atoms with Crippen molar-refractivity contribution in [3.63, 3.8) is 0 Å². The number of rotatable bonds is 3. The molecule has 2 heterocycles. The van der Waals surface area contributed by atoms with Gasteiger partial charge >= 0.3 is 5.69 Å². The van der Waals surface area contributed by atoms with Crippen LogP contribution in [-0.4, -0.2) is 14.6 Å². The molecule has 1 aliphatic carbocycles. The third-order valence-corrected chi connectivity index (χ3v) is 8.60. The van der Waals surface area contributed by atoms with Crippen molar-refractivity contribution < 1.29 is 10.0 Å². The van der Waals surface area contributed by atoms with E-state index < -0.39 is 16.4 Å². The van der Waals surface area contributed by atoms with Crippen LogP contribution in [0.15, 0.2) is 85.0 Å². The molecule has 0 radical (unpaired) electrons. The molecule has 1 atom stereocenters. The fourth-order valence-corrected chi connectivity index (χ4v) is 6.68. The van der Waals surface area contributed by atoms with Gasteiger partial charge < -0.3 is 5.11 Å². The minimum atomic E-state index is -0.655. The quantitative estimate of drug-likeness (QED) is 0.238. The number of aromatic hydroxyl groups is 1. The Hall–Kier alpha value is -3.34. The summed E-state index contributed by atoms with van der Waals surface area (Å²) in [5.74, 6) is -0.489. The van der Waals surface area contributed by atoms with Gasteiger partial charge in [0.15, 0.2) is 4.80 Å². The molecule has 1 aromatic heterocycles. The molecule has 37 heavy (non-hydrogen) atoms. The number of nitro groups is 1. The zero-order chi connectivity index (χ0) is 25.8. The van der Waals surface area contributed by atoms with E-state index in [2.05, 4.69) is 44.0 Å². The molecule has 0 bridgehead atoms. The summed E-state index contributed by atoms with van der Waals surface area (Å²) >= 11 is 7.97. The number of hydrogen-bond donors (Lipinski definition) is 1. The first kappa shape index (κ1) is 24.0. The minimum Gasteiger partial charge on any atom is -0.502 e. The second-order valence-electron chi connectivity index (χ2n) is 8.79. The molecule has 7 nitrogen and oxygen atoms in total. The molecule has 0 saturated carbocycles. The van der Waals surface area contributed by atoms with Crippen molar-refractivity contribution in [3.8, 4) is 5.75 Å². The van der Waals surface area contributed by atoms with Crippen LogP contribution in [0.4, 0.5) is 5.69 Å². The third-order valence-electron chi connectivity index (χ3n) is 6.63. The van der Waals surface area contributed by atoms with Gasteiger partial charge in [-0.05, 0) is 53.8 Å². The van der Waals surface area contributed by atoms with Crippen LogP contribution < -0.4 is 14.9 Å². The van der Waals surface area contributed by atoms with Gasteiger partial charge in [0.05, 0.1) is 21.2 Å². The van der Waals surface area contributed by atoms with Crippen molar-refractivity contribution in [2.75, 3.05) is 0 Å². The van der Waals surface area contributed by atoms with Crippen LogP contribution in [0, 0.1) is 10.1 Å². The van der Waals surface area contributed by atoms with Gasteiger partial charge in [0.25, 0.3) is 5.56 Å². The van der Waals surface area contributed by atoms with Crippen LogP contribution in [-0.2, 0) is 6.42 Å².